The number of nitrogen functional groups attached to an aromatic ring is 1. The molecule has 0 fully saturated rings. The highest BCUT2D eigenvalue weighted by Crippen LogP contribution is 2.11. The van der Waals surface area contributed by atoms with Crippen LogP contribution in [0, 0.1) is 0 Å². The van der Waals surface area contributed by atoms with Gasteiger partial charge in [0.05, 0.1) is 5.75 Å². The smallest absolute Gasteiger partial charge is 0.151 e. The maximum atomic E-state index is 11.8. The molecule has 2 N–H and O–H groups in total. The quantitative estimate of drug-likeness (QED) is 0.748. The second kappa shape index (κ2) is 7.64. The van der Waals surface area contributed by atoms with Crippen LogP contribution in [0.1, 0.15) is 32.8 Å². The first-order valence-electron chi connectivity index (χ1n) is 7.13. The summed E-state index contributed by atoms with van der Waals surface area (Å²) < 4.78 is 23.6. The van der Waals surface area contributed by atoms with Gasteiger partial charge in [0.15, 0.2) is 9.84 Å². The van der Waals surface area contributed by atoms with Crippen LogP contribution in [0.5, 0.6) is 0 Å². The van der Waals surface area contributed by atoms with Gasteiger partial charge < -0.3 is 5.73 Å². The van der Waals surface area contributed by atoms with Crippen molar-refractivity contribution in [2.75, 3.05) is 23.8 Å². The first-order chi connectivity index (χ1) is 9.34. The molecule has 1 rings (SSSR count). The number of hydrogen-bond acceptors (Lipinski definition) is 4. The highest BCUT2D eigenvalue weighted by atomic mass is 32.2. The van der Waals surface area contributed by atoms with E-state index in [4.69, 9.17) is 5.73 Å². The molecule has 0 bridgehead atoms. The molecule has 0 aliphatic heterocycles. The zero-order valence-electron chi connectivity index (χ0n) is 12.7. The van der Waals surface area contributed by atoms with Crippen LogP contribution in [-0.2, 0) is 16.4 Å². The van der Waals surface area contributed by atoms with Crippen LogP contribution in [-0.4, -0.2) is 37.4 Å². The molecule has 5 heteroatoms. The summed E-state index contributed by atoms with van der Waals surface area (Å²) in [6, 6.07) is 8.05. The Morgan fingerprint density at radius 3 is 2.25 bits per heavy atom. The summed E-state index contributed by atoms with van der Waals surface area (Å²) in [7, 11) is -2.92. The van der Waals surface area contributed by atoms with Gasteiger partial charge in [-0.3, -0.25) is 4.90 Å². The number of rotatable bonds is 8. The topological polar surface area (TPSA) is 63.4 Å². The SMILES string of the molecule is CCCS(=O)(=O)CCN(Cc1ccc(N)cc1)C(C)C. The summed E-state index contributed by atoms with van der Waals surface area (Å²) in [4.78, 5) is 2.18. The lowest BCUT2D eigenvalue weighted by Crippen LogP contribution is -2.35. The molecule has 0 amide bonds. The Bertz CT molecular complexity index is 495. The molecule has 0 unspecified atom stereocenters. The summed E-state index contributed by atoms with van der Waals surface area (Å²) >= 11 is 0. The number of hydrogen-bond donors (Lipinski definition) is 1. The van der Waals surface area contributed by atoms with E-state index in [1.807, 2.05) is 31.2 Å². The minimum atomic E-state index is -2.92. The zero-order valence-corrected chi connectivity index (χ0v) is 13.5. The van der Waals surface area contributed by atoms with Crippen LogP contribution in [0.3, 0.4) is 0 Å². The molecule has 0 aliphatic rings. The predicted molar refractivity (Wildman–Crippen MR) is 85.3 cm³/mol. The third-order valence-corrected chi connectivity index (χ3v) is 5.14. The van der Waals surface area contributed by atoms with Crippen molar-refractivity contribution >= 4 is 15.5 Å². The van der Waals surface area contributed by atoms with Crippen molar-refractivity contribution in [3.05, 3.63) is 29.8 Å². The van der Waals surface area contributed by atoms with Crippen molar-refractivity contribution < 1.29 is 8.42 Å². The van der Waals surface area contributed by atoms with Crippen molar-refractivity contribution in [1.29, 1.82) is 0 Å². The van der Waals surface area contributed by atoms with E-state index in [1.165, 1.54) is 0 Å². The molecule has 4 nitrogen and oxygen atoms in total. The molecule has 0 radical (unpaired) electrons. The largest absolute Gasteiger partial charge is 0.399 e. The van der Waals surface area contributed by atoms with Gasteiger partial charge in [-0.1, -0.05) is 19.1 Å². The van der Waals surface area contributed by atoms with Gasteiger partial charge in [0.1, 0.15) is 0 Å². The van der Waals surface area contributed by atoms with Crippen LogP contribution in [0.4, 0.5) is 5.69 Å². The first kappa shape index (κ1) is 17.0. The monoisotopic (exact) mass is 298 g/mol. The Kier molecular flexibility index (Phi) is 6.49. The summed E-state index contributed by atoms with van der Waals surface area (Å²) in [5.41, 5.74) is 7.57. The summed E-state index contributed by atoms with van der Waals surface area (Å²) in [5, 5.41) is 0. The second-order valence-electron chi connectivity index (χ2n) is 5.46. The van der Waals surface area contributed by atoms with Gasteiger partial charge in [0, 0.05) is 30.6 Å². The van der Waals surface area contributed by atoms with Crippen molar-refractivity contribution in [2.24, 2.45) is 0 Å². The third-order valence-electron chi connectivity index (χ3n) is 3.30. The normalized spacial score (nSPS) is 12.2. The maximum absolute atomic E-state index is 11.8. The number of nitrogens with two attached hydrogens (primary N) is 1. The molecule has 0 spiro atoms. The zero-order chi connectivity index (χ0) is 15.2. The summed E-state index contributed by atoms with van der Waals surface area (Å²) in [5.74, 6) is 0.509. The molecule has 0 aliphatic carbocycles. The van der Waals surface area contributed by atoms with Gasteiger partial charge >= 0.3 is 0 Å². The van der Waals surface area contributed by atoms with E-state index in [0.717, 1.165) is 17.8 Å². The van der Waals surface area contributed by atoms with E-state index in [2.05, 4.69) is 18.7 Å². The highest BCUT2D eigenvalue weighted by Gasteiger charge is 2.15. The molecule has 0 saturated carbocycles. The fourth-order valence-corrected chi connectivity index (χ4v) is 3.39. The lowest BCUT2D eigenvalue weighted by atomic mass is 10.2. The van der Waals surface area contributed by atoms with Crippen molar-refractivity contribution in [2.45, 2.75) is 39.8 Å². The van der Waals surface area contributed by atoms with Gasteiger partial charge in [0.25, 0.3) is 0 Å². The van der Waals surface area contributed by atoms with Crippen LogP contribution in [0.15, 0.2) is 24.3 Å². The summed E-state index contributed by atoms with van der Waals surface area (Å²) in [6.07, 6.45) is 0.683. The highest BCUT2D eigenvalue weighted by molar-refractivity contribution is 7.91. The van der Waals surface area contributed by atoms with Crippen LogP contribution < -0.4 is 5.73 Å². The fraction of sp³-hybridized carbons (Fsp3) is 0.600. The lowest BCUT2D eigenvalue weighted by molar-refractivity contribution is 0.226. The number of benzene rings is 1. The number of anilines is 1. The van der Waals surface area contributed by atoms with Gasteiger partial charge in [-0.05, 0) is 38.0 Å². The molecule has 0 saturated heterocycles. The van der Waals surface area contributed by atoms with E-state index < -0.39 is 9.84 Å². The average molecular weight is 298 g/mol. The molecule has 1 aromatic rings. The van der Waals surface area contributed by atoms with E-state index in [-0.39, 0.29) is 11.5 Å². The number of nitrogens with zero attached hydrogens (tertiary/aromatic N) is 1. The molecular formula is C15H26N2O2S. The van der Waals surface area contributed by atoms with Crippen molar-refractivity contribution in [3.8, 4) is 0 Å². The van der Waals surface area contributed by atoms with Gasteiger partial charge in [0.2, 0.25) is 0 Å². The van der Waals surface area contributed by atoms with Crippen molar-refractivity contribution in [3.63, 3.8) is 0 Å². The van der Waals surface area contributed by atoms with Crippen LogP contribution in [0.25, 0.3) is 0 Å². The Labute approximate surface area is 122 Å². The van der Waals surface area contributed by atoms with Gasteiger partial charge in [-0.2, -0.15) is 0 Å². The number of sulfone groups is 1. The first-order valence-corrected chi connectivity index (χ1v) is 8.95. The third kappa shape index (κ3) is 5.92. The Morgan fingerprint density at radius 1 is 1.15 bits per heavy atom. The van der Waals surface area contributed by atoms with E-state index in [9.17, 15) is 8.42 Å². The van der Waals surface area contributed by atoms with Crippen LogP contribution >= 0.6 is 0 Å². The van der Waals surface area contributed by atoms with Crippen molar-refractivity contribution in [1.82, 2.24) is 4.90 Å². The van der Waals surface area contributed by atoms with Gasteiger partial charge in [-0.15, -0.1) is 0 Å². The van der Waals surface area contributed by atoms with E-state index >= 15 is 0 Å². The Balaban J connectivity index is 2.63. The van der Waals surface area contributed by atoms with Gasteiger partial charge in [-0.25, -0.2) is 8.42 Å². The second-order valence-corrected chi connectivity index (χ2v) is 7.76. The molecule has 0 aromatic heterocycles. The summed E-state index contributed by atoms with van der Waals surface area (Å²) in [6.45, 7) is 7.39. The lowest BCUT2D eigenvalue weighted by Gasteiger charge is -2.26. The molecule has 0 atom stereocenters. The molecular weight excluding hydrogens is 272 g/mol. The maximum Gasteiger partial charge on any atom is 0.151 e. The molecule has 0 heterocycles. The van der Waals surface area contributed by atoms with E-state index in [1.54, 1.807) is 0 Å². The predicted octanol–water partition coefficient (Wildman–Crippen LogP) is 2.30. The van der Waals surface area contributed by atoms with Crippen LogP contribution in [0.2, 0.25) is 0 Å². The van der Waals surface area contributed by atoms with E-state index in [0.29, 0.717) is 19.0 Å². The molecule has 114 valence electrons. The standard InChI is InChI=1S/C15H26N2O2S/c1-4-10-20(18,19)11-9-17(13(2)3)12-14-5-7-15(16)8-6-14/h5-8,13H,4,9-12,16H2,1-3H3. The average Bonchev–Trinajstić information content (AvgIpc) is 2.36. The minimum Gasteiger partial charge on any atom is -0.399 e. The molecule has 1 aromatic carbocycles. The molecule has 20 heavy (non-hydrogen) atoms. The Morgan fingerprint density at radius 2 is 1.75 bits per heavy atom. The minimum absolute atomic E-state index is 0.230. The fourth-order valence-electron chi connectivity index (χ4n) is 2.05. The Hall–Kier alpha value is -1.07.